The van der Waals surface area contributed by atoms with Crippen LogP contribution in [-0.2, 0) is 15.0 Å². The lowest BCUT2D eigenvalue weighted by molar-refractivity contribution is -0.122. The monoisotopic (exact) mass is 289 g/mol. The van der Waals surface area contributed by atoms with Gasteiger partial charge in [0.1, 0.15) is 6.54 Å². The summed E-state index contributed by atoms with van der Waals surface area (Å²) < 4.78 is 60.6. The van der Waals surface area contributed by atoms with Gasteiger partial charge >= 0.3 is 6.18 Å². The first-order chi connectivity index (χ1) is 8.20. The SMILES string of the molecule is O=C(NCCNS(=O)(=O)NCC(F)(F)F)C1CC1. The van der Waals surface area contributed by atoms with Gasteiger partial charge in [-0.3, -0.25) is 4.79 Å². The highest BCUT2D eigenvalue weighted by Crippen LogP contribution is 2.28. The molecule has 10 heteroatoms. The normalized spacial score (nSPS) is 16.6. The van der Waals surface area contributed by atoms with Crippen LogP contribution in [0.5, 0.6) is 0 Å². The van der Waals surface area contributed by atoms with E-state index in [1.165, 1.54) is 4.72 Å². The summed E-state index contributed by atoms with van der Waals surface area (Å²) in [6, 6.07) is 0. The topological polar surface area (TPSA) is 87.3 Å². The predicted molar refractivity (Wildman–Crippen MR) is 56.7 cm³/mol. The molecule has 0 aliphatic heterocycles. The smallest absolute Gasteiger partial charge is 0.355 e. The van der Waals surface area contributed by atoms with Gasteiger partial charge in [-0.2, -0.15) is 26.3 Å². The number of alkyl halides is 3. The zero-order valence-electron chi connectivity index (χ0n) is 9.38. The third kappa shape index (κ3) is 6.77. The average Bonchev–Trinajstić information content (AvgIpc) is 3.04. The summed E-state index contributed by atoms with van der Waals surface area (Å²) in [7, 11) is -4.19. The van der Waals surface area contributed by atoms with Crippen LogP contribution in [0.3, 0.4) is 0 Å². The van der Waals surface area contributed by atoms with E-state index in [9.17, 15) is 26.4 Å². The molecule has 0 heterocycles. The molecular weight excluding hydrogens is 275 g/mol. The number of hydrogen-bond acceptors (Lipinski definition) is 3. The lowest BCUT2D eigenvalue weighted by Crippen LogP contribution is -2.44. The van der Waals surface area contributed by atoms with Crippen LogP contribution in [0.25, 0.3) is 0 Å². The number of hydrogen-bond donors (Lipinski definition) is 3. The maximum absolute atomic E-state index is 11.8. The van der Waals surface area contributed by atoms with Gasteiger partial charge in [-0.25, -0.2) is 4.72 Å². The van der Waals surface area contributed by atoms with Gasteiger partial charge in [0, 0.05) is 19.0 Å². The highest BCUT2D eigenvalue weighted by molar-refractivity contribution is 7.87. The Morgan fingerprint density at radius 2 is 1.78 bits per heavy atom. The second-order valence-corrected chi connectivity index (χ2v) is 5.48. The lowest BCUT2D eigenvalue weighted by Gasteiger charge is -2.10. The van der Waals surface area contributed by atoms with Gasteiger partial charge in [-0.05, 0) is 12.8 Å². The molecule has 0 unspecified atom stereocenters. The van der Waals surface area contributed by atoms with Gasteiger partial charge in [0.05, 0.1) is 0 Å². The standard InChI is InChI=1S/C8H14F3N3O3S/c9-8(10,11)5-14-18(16,17)13-4-3-12-7(15)6-1-2-6/h6,13-14H,1-5H2,(H,12,15). The van der Waals surface area contributed by atoms with Gasteiger partial charge in [0.25, 0.3) is 10.2 Å². The number of halogens is 3. The summed E-state index contributed by atoms with van der Waals surface area (Å²) in [5.41, 5.74) is 0. The quantitative estimate of drug-likeness (QED) is 0.552. The van der Waals surface area contributed by atoms with E-state index in [4.69, 9.17) is 0 Å². The van der Waals surface area contributed by atoms with Crippen molar-refractivity contribution in [2.75, 3.05) is 19.6 Å². The van der Waals surface area contributed by atoms with E-state index in [0.717, 1.165) is 12.8 Å². The third-order valence-corrected chi connectivity index (χ3v) is 3.24. The molecule has 0 bridgehead atoms. The zero-order valence-corrected chi connectivity index (χ0v) is 10.2. The molecule has 106 valence electrons. The molecule has 1 fully saturated rings. The molecule has 1 aliphatic carbocycles. The predicted octanol–water partition coefficient (Wildman–Crippen LogP) is -0.501. The Kier molecular flexibility index (Phi) is 4.93. The van der Waals surface area contributed by atoms with Crippen LogP contribution < -0.4 is 14.8 Å². The Morgan fingerprint density at radius 3 is 2.28 bits per heavy atom. The van der Waals surface area contributed by atoms with Crippen molar-refractivity contribution in [1.29, 1.82) is 0 Å². The van der Waals surface area contributed by atoms with E-state index >= 15 is 0 Å². The van der Waals surface area contributed by atoms with E-state index in [2.05, 4.69) is 5.32 Å². The van der Waals surface area contributed by atoms with Crippen molar-refractivity contribution < 1.29 is 26.4 Å². The maximum atomic E-state index is 11.8. The molecule has 0 spiro atoms. The van der Waals surface area contributed by atoms with Gasteiger partial charge in [0.15, 0.2) is 0 Å². The first-order valence-electron chi connectivity index (χ1n) is 5.28. The molecule has 6 nitrogen and oxygen atoms in total. The summed E-state index contributed by atoms with van der Waals surface area (Å²) in [6.45, 7) is -1.75. The molecule has 1 aliphatic rings. The molecule has 1 amide bonds. The van der Waals surface area contributed by atoms with Crippen LogP contribution in [0, 0.1) is 5.92 Å². The molecule has 1 saturated carbocycles. The fourth-order valence-electron chi connectivity index (χ4n) is 1.09. The molecule has 0 aromatic rings. The minimum Gasteiger partial charge on any atom is -0.355 e. The third-order valence-electron chi connectivity index (χ3n) is 2.13. The summed E-state index contributed by atoms with van der Waals surface area (Å²) >= 11 is 0. The zero-order chi connectivity index (χ0) is 13.8. The summed E-state index contributed by atoms with van der Waals surface area (Å²) in [5.74, 6) is -0.151. The van der Waals surface area contributed by atoms with Crippen LogP contribution in [-0.4, -0.2) is 40.1 Å². The number of nitrogens with one attached hydrogen (secondary N) is 3. The lowest BCUT2D eigenvalue weighted by atomic mass is 10.4. The van der Waals surface area contributed by atoms with E-state index in [0.29, 0.717) is 0 Å². The molecule has 18 heavy (non-hydrogen) atoms. The van der Waals surface area contributed by atoms with Crippen molar-refractivity contribution in [3.8, 4) is 0 Å². The van der Waals surface area contributed by atoms with E-state index in [-0.39, 0.29) is 24.9 Å². The molecule has 0 saturated heterocycles. The van der Waals surface area contributed by atoms with Crippen molar-refractivity contribution in [3.63, 3.8) is 0 Å². The van der Waals surface area contributed by atoms with E-state index in [1.54, 1.807) is 0 Å². The number of amides is 1. The van der Waals surface area contributed by atoms with Crippen LogP contribution in [0.15, 0.2) is 0 Å². The van der Waals surface area contributed by atoms with Crippen molar-refractivity contribution in [3.05, 3.63) is 0 Å². The Hall–Kier alpha value is -0.870. The molecule has 0 aromatic heterocycles. The van der Waals surface area contributed by atoms with Crippen molar-refractivity contribution in [2.45, 2.75) is 19.0 Å². The number of rotatable bonds is 7. The summed E-state index contributed by atoms with van der Waals surface area (Å²) in [6.07, 6.45) is -2.95. The largest absolute Gasteiger partial charge is 0.402 e. The van der Waals surface area contributed by atoms with E-state index < -0.39 is 22.9 Å². The van der Waals surface area contributed by atoms with Crippen LogP contribution in [0.1, 0.15) is 12.8 Å². The second-order valence-electron chi connectivity index (χ2n) is 3.90. The van der Waals surface area contributed by atoms with Gasteiger partial charge in [-0.15, -0.1) is 0 Å². The first kappa shape index (κ1) is 15.2. The van der Waals surface area contributed by atoms with Crippen molar-refractivity contribution >= 4 is 16.1 Å². The fourth-order valence-corrected chi connectivity index (χ4v) is 1.92. The van der Waals surface area contributed by atoms with Crippen LogP contribution >= 0.6 is 0 Å². The minimum atomic E-state index is -4.60. The van der Waals surface area contributed by atoms with Gasteiger partial charge in [-0.1, -0.05) is 0 Å². The van der Waals surface area contributed by atoms with Gasteiger partial charge in [0.2, 0.25) is 5.91 Å². The maximum Gasteiger partial charge on any atom is 0.402 e. The second kappa shape index (κ2) is 5.85. The molecule has 0 aromatic carbocycles. The molecule has 1 rings (SSSR count). The Morgan fingerprint density at radius 1 is 1.17 bits per heavy atom. The highest BCUT2D eigenvalue weighted by atomic mass is 32.2. The highest BCUT2D eigenvalue weighted by Gasteiger charge is 2.30. The Bertz CT molecular complexity index is 392. The summed E-state index contributed by atoms with van der Waals surface area (Å²) in [4.78, 5) is 11.1. The molecule has 0 radical (unpaired) electrons. The Labute approximate surface area is 102 Å². The van der Waals surface area contributed by atoms with Crippen molar-refractivity contribution in [2.24, 2.45) is 5.92 Å². The molecule has 3 N–H and O–H groups in total. The first-order valence-corrected chi connectivity index (χ1v) is 6.77. The van der Waals surface area contributed by atoms with Gasteiger partial charge < -0.3 is 5.32 Å². The van der Waals surface area contributed by atoms with Crippen LogP contribution in [0.4, 0.5) is 13.2 Å². The summed E-state index contributed by atoms with van der Waals surface area (Å²) in [5, 5.41) is 2.47. The van der Waals surface area contributed by atoms with Crippen molar-refractivity contribution in [1.82, 2.24) is 14.8 Å². The van der Waals surface area contributed by atoms with E-state index in [1.807, 2.05) is 4.72 Å². The Balaban J connectivity index is 2.14. The number of carbonyl (C=O) groups is 1. The molecule has 0 atom stereocenters. The fraction of sp³-hybridized carbons (Fsp3) is 0.875. The van der Waals surface area contributed by atoms with Crippen LogP contribution in [0.2, 0.25) is 0 Å². The number of carbonyl (C=O) groups excluding carboxylic acids is 1. The molecular formula is C8H14F3N3O3S. The minimum absolute atomic E-state index is 0.00459. The average molecular weight is 289 g/mol.